The fourth-order valence-corrected chi connectivity index (χ4v) is 2.71. The standard InChI is InChI=1S/C20H19Cl2N5/c1-13-10-19(25-20(24-13)23-12-15-6-4-3-5-7-15)27-26-14(2)16-8-9-17(21)18(22)11-16/h3-11H,12H2,1-2H3,(H2,23,24,25,27). The molecular weight excluding hydrogens is 381 g/mol. The number of anilines is 2. The highest BCUT2D eigenvalue weighted by molar-refractivity contribution is 6.42. The van der Waals surface area contributed by atoms with Crippen molar-refractivity contribution in [2.45, 2.75) is 20.4 Å². The summed E-state index contributed by atoms with van der Waals surface area (Å²) in [4.78, 5) is 8.87. The van der Waals surface area contributed by atoms with Crippen LogP contribution in [0.25, 0.3) is 0 Å². The number of benzene rings is 2. The highest BCUT2D eigenvalue weighted by Gasteiger charge is 2.05. The van der Waals surface area contributed by atoms with E-state index in [1.54, 1.807) is 12.1 Å². The van der Waals surface area contributed by atoms with E-state index in [4.69, 9.17) is 23.2 Å². The van der Waals surface area contributed by atoms with Crippen molar-refractivity contribution in [3.8, 4) is 0 Å². The monoisotopic (exact) mass is 399 g/mol. The third kappa shape index (κ3) is 5.42. The lowest BCUT2D eigenvalue weighted by Gasteiger charge is -2.09. The van der Waals surface area contributed by atoms with E-state index in [9.17, 15) is 0 Å². The van der Waals surface area contributed by atoms with Gasteiger partial charge in [-0.05, 0) is 37.1 Å². The average molecular weight is 400 g/mol. The first-order valence-corrected chi connectivity index (χ1v) is 9.16. The van der Waals surface area contributed by atoms with Gasteiger partial charge in [0.15, 0.2) is 5.82 Å². The number of nitrogens with zero attached hydrogens (tertiary/aromatic N) is 3. The summed E-state index contributed by atoms with van der Waals surface area (Å²) in [6.07, 6.45) is 0. The van der Waals surface area contributed by atoms with Gasteiger partial charge in [-0.25, -0.2) is 4.98 Å². The molecule has 0 bridgehead atoms. The van der Waals surface area contributed by atoms with Gasteiger partial charge >= 0.3 is 0 Å². The Bertz CT molecular complexity index is 958. The number of hydrogen-bond donors (Lipinski definition) is 2. The molecule has 0 amide bonds. The Kier molecular flexibility index (Phi) is 6.27. The number of aromatic nitrogens is 2. The number of hydrogen-bond acceptors (Lipinski definition) is 5. The van der Waals surface area contributed by atoms with E-state index in [1.807, 2.05) is 56.3 Å². The van der Waals surface area contributed by atoms with Crippen LogP contribution in [0.15, 0.2) is 59.7 Å². The van der Waals surface area contributed by atoms with Gasteiger partial charge in [0.2, 0.25) is 5.95 Å². The molecule has 0 saturated heterocycles. The van der Waals surface area contributed by atoms with Crippen molar-refractivity contribution in [2.24, 2.45) is 5.10 Å². The number of rotatable bonds is 6. The predicted octanol–water partition coefficient (Wildman–Crippen LogP) is 5.54. The molecule has 0 aliphatic rings. The second-order valence-electron chi connectivity index (χ2n) is 6.00. The molecule has 1 aromatic heterocycles. The van der Waals surface area contributed by atoms with Crippen LogP contribution < -0.4 is 10.7 Å². The number of hydrazone groups is 1. The molecule has 2 aromatic carbocycles. The van der Waals surface area contributed by atoms with Crippen LogP contribution in [0.3, 0.4) is 0 Å². The van der Waals surface area contributed by atoms with Crippen molar-refractivity contribution in [1.29, 1.82) is 0 Å². The van der Waals surface area contributed by atoms with E-state index in [2.05, 4.69) is 25.8 Å². The molecule has 0 saturated carbocycles. The first-order chi connectivity index (χ1) is 13.0. The Labute approximate surface area is 168 Å². The summed E-state index contributed by atoms with van der Waals surface area (Å²) in [7, 11) is 0. The van der Waals surface area contributed by atoms with Crippen molar-refractivity contribution in [2.75, 3.05) is 10.7 Å². The molecule has 0 unspecified atom stereocenters. The van der Waals surface area contributed by atoms with Crippen LogP contribution in [0.5, 0.6) is 0 Å². The topological polar surface area (TPSA) is 62.2 Å². The summed E-state index contributed by atoms with van der Waals surface area (Å²) in [5.41, 5.74) is 6.62. The van der Waals surface area contributed by atoms with Crippen molar-refractivity contribution >= 4 is 40.7 Å². The molecule has 0 atom stereocenters. The van der Waals surface area contributed by atoms with Gasteiger partial charge in [-0.2, -0.15) is 10.1 Å². The first-order valence-electron chi connectivity index (χ1n) is 8.40. The van der Waals surface area contributed by atoms with Gasteiger partial charge in [-0.15, -0.1) is 0 Å². The third-order valence-electron chi connectivity index (χ3n) is 3.82. The molecular formula is C20H19Cl2N5. The molecule has 3 rings (SSSR count). The van der Waals surface area contributed by atoms with E-state index in [0.29, 0.717) is 28.4 Å². The maximum Gasteiger partial charge on any atom is 0.225 e. The highest BCUT2D eigenvalue weighted by atomic mass is 35.5. The maximum atomic E-state index is 6.07. The van der Waals surface area contributed by atoms with Gasteiger partial charge in [-0.3, -0.25) is 5.43 Å². The molecule has 5 nitrogen and oxygen atoms in total. The lowest BCUT2D eigenvalue weighted by Crippen LogP contribution is -2.07. The predicted molar refractivity (Wildman–Crippen MR) is 113 cm³/mol. The van der Waals surface area contributed by atoms with Crippen LogP contribution >= 0.6 is 23.2 Å². The number of halogens is 2. The molecule has 2 N–H and O–H groups in total. The minimum atomic E-state index is 0.494. The van der Waals surface area contributed by atoms with Gasteiger partial charge in [0.25, 0.3) is 0 Å². The van der Waals surface area contributed by atoms with E-state index < -0.39 is 0 Å². The Balaban J connectivity index is 1.71. The molecule has 0 spiro atoms. The third-order valence-corrected chi connectivity index (χ3v) is 4.56. The summed E-state index contributed by atoms with van der Waals surface area (Å²) in [6, 6.07) is 17.3. The molecule has 1 heterocycles. The van der Waals surface area contributed by atoms with Gasteiger partial charge in [0.1, 0.15) is 0 Å². The van der Waals surface area contributed by atoms with Gasteiger partial charge in [-0.1, -0.05) is 59.6 Å². The van der Waals surface area contributed by atoms with E-state index in [-0.39, 0.29) is 0 Å². The molecule has 0 aliphatic heterocycles. The smallest absolute Gasteiger partial charge is 0.225 e. The lowest BCUT2D eigenvalue weighted by molar-refractivity contribution is 1.02. The zero-order valence-electron chi connectivity index (χ0n) is 15.0. The van der Waals surface area contributed by atoms with Crippen LogP contribution in [-0.2, 0) is 6.54 Å². The van der Waals surface area contributed by atoms with Crippen LogP contribution in [-0.4, -0.2) is 15.7 Å². The fourth-order valence-electron chi connectivity index (χ4n) is 2.41. The minimum absolute atomic E-state index is 0.494. The first kappa shape index (κ1) is 19.1. The maximum absolute atomic E-state index is 6.07. The summed E-state index contributed by atoms with van der Waals surface area (Å²) in [5, 5.41) is 8.63. The summed E-state index contributed by atoms with van der Waals surface area (Å²) in [5.74, 6) is 1.15. The van der Waals surface area contributed by atoms with E-state index in [0.717, 1.165) is 22.5 Å². The number of nitrogens with one attached hydrogen (secondary N) is 2. The Morgan fingerprint density at radius 1 is 1.00 bits per heavy atom. The molecule has 3 aromatic rings. The molecule has 7 heteroatoms. The SMILES string of the molecule is CC(=NNc1cc(C)nc(NCc2ccccc2)n1)c1ccc(Cl)c(Cl)c1. The summed E-state index contributed by atoms with van der Waals surface area (Å²) >= 11 is 12.0. The molecule has 138 valence electrons. The van der Waals surface area contributed by atoms with Crippen LogP contribution in [0.2, 0.25) is 10.0 Å². The second-order valence-corrected chi connectivity index (χ2v) is 6.81. The zero-order valence-corrected chi connectivity index (χ0v) is 16.5. The Hall–Kier alpha value is -2.63. The number of aryl methyl sites for hydroxylation is 1. The summed E-state index contributed by atoms with van der Waals surface area (Å²) in [6.45, 7) is 4.45. The largest absolute Gasteiger partial charge is 0.350 e. The molecule has 0 fully saturated rings. The fraction of sp³-hybridized carbons (Fsp3) is 0.150. The van der Waals surface area contributed by atoms with Crippen molar-refractivity contribution < 1.29 is 0 Å². The van der Waals surface area contributed by atoms with Crippen LogP contribution in [0.4, 0.5) is 11.8 Å². The lowest BCUT2D eigenvalue weighted by atomic mass is 10.1. The minimum Gasteiger partial charge on any atom is -0.350 e. The van der Waals surface area contributed by atoms with Crippen LogP contribution in [0.1, 0.15) is 23.7 Å². The highest BCUT2D eigenvalue weighted by Crippen LogP contribution is 2.23. The molecule has 0 aliphatic carbocycles. The molecule has 0 radical (unpaired) electrons. The average Bonchev–Trinajstić information content (AvgIpc) is 2.67. The Morgan fingerprint density at radius 3 is 2.52 bits per heavy atom. The van der Waals surface area contributed by atoms with E-state index in [1.165, 1.54) is 0 Å². The quantitative estimate of drug-likeness (QED) is 0.421. The molecule has 27 heavy (non-hydrogen) atoms. The van der Waals surface area contributed by atoms with Crippen molar-refractivity contribution in [3.63, 3.8) is 0 Å². The van der Waals surface area contributed by atoms with Crippen molar-refractivity contribution in [1.82, 2.24) is 9.97 Å². The Morgan fingerprint density at radius 2 is 1.78 bits per heavy atom. The van der Waals surface area contributed by atoms with Crippen molar-refractivity contribution in [3.05, 3.63) is 81.5 Å². The summed E-state index contributed by atoms with van der Waals surface area (Å²) < 4.78 is 0. The normalized spacial score (nSPS) is 11.3. The van der Waals surface area contributed by atoms with Gasteiger partial charge in [0, 0.05) is 18.3 Å². The second kappa shape index (κ2) is 8.84. The van der Waals surface area contributed by atoms with E-state index >= 15 is 0 Å². The van der Waals surface area contributed by atoms with Gasteiger partial charge < -0.3 is 5.32 Å². The van der Waals surface area contributed by atoms with Gasteiger partial charge in [0.05, 0.1) is 15.8 Å². The zero-order chi connectivity index (χ0) is 19.2. The van der Waals surface area contributed by atoms with Crippen LogP contribution in [0, 0.1) is 6.92 Å².